The van der Waals surface area contributed by atoms with Crippen molar-refractivity contribution in [2.75, 3.05) is 0 Å². The van der Waals surface area contributed by atoms with Gasteiger partial charge in [-0.2, -0.15) is 0 Å². The quantitative estimate of drug-likeness (QED) is 0.452. The van der Waals surface area contributed by atoms with E-state index in [1.807, 2.05) is 0 Å². The summed E-state index contributed by atoms with van der Waals surface area (Å²) < 4.78 is 0. The average molecular weight is 143 g/mol. The Morgan fingerprint density at radius 1 is 1.40 bits per heavy atom. The van der Waals surface area contributed by atoms with E-state index < -0.39 is 0 Å². The zero-order valence-electron chi connectivity index (χ0n) is 6.68. The molecule has 0 aliphatic heterocycles. The molecule has 0 aromatic rings. The average Bonchev–Trinajstić information content (AvgIpc) is 1.98. The molecule has 0 saturated heterocycles. The van der Waals surface area contributed by atoms with Crippen molar-refractivity contribution in [1.82, 2.24) is 0 Å². The Hall–Kier alpha value is -0.370. The summed E-state index contributed by atoms with van der Waals surface area (Å²) in [6, 6.07) is -0.225. The van der Waals surface area contributed by atoms with E-state index >= 15 is 0 Å². The van der Waals surface area contributed by atoms with Gasteiger partial charge in [-0.15, -0.1) is 0 Å². The maximum Gasteiger partial charge on any atom is 0.136 e. The predicted octanol–water partition coefficient (Wildman–Crippen LogP) is 1.48. The molecule has 0 heterocycles. The molecule has 0 spiro atoms. The summed E-state index contributed by atoms with van der Waals surface area (Å²) in [7, 11) is 0. The first-order chi connectivity index (χ1) is 4.81. The van der Waals surface area contributed by atoms with Gasteiger partial charge < -0.3 is 10.5 Å². The van der Waals surface area contributed by atoms with E-state index in [0.717, 1.165) is 19.1 Å². The number of carbonyl (C=O) groups is 1. The highest BCUT2D eigenvalue weighted by molar-refractivity contribution is 5.56. The number of carbonyl (C=O) groups excluding carboxylic acids is 1. The molecule has 0 bridgehead atoms. The lowest BCUT2D eigenvalue weighted by Gasteiger charge is -2.01. The first-order valence-corrected chi connectivity index (χ1v) is 4.02. The van der Waals surface area contributed by atoms with Crippen molar-refractivity contribution in [2.24, 2.45) is 5.73 Å². The van der Waals surface area contributed by atoms with Gasteiger partial charge in [-0.3, -0.25) is 0 Å². The summed E-state index contributed by atoms with van der Waals surface area (Å²) in [5.41, 5.74) is 5.39. The van der Waals surface area contributed by atoms with Gasteiger partial charge in [0.1, 0.15) is 6.29 Å². The molecule has 0 aliphatic carbocycles. The zero-order valence-corrected chi connectivity index (χ0v) is 6.68. The molecule has 0 unspecified atom stereocenters. The lowest BCUT2D eigenvalue weighted by Crippen LogP contribution is -2.20. The molecule has 0 aliphatic rings. The highest BCUT2D eigenvalue weighted by atomic mass is 16.1. The van der Waals surface area contributed by atoms with Crippen LogP contribution in [0.15, 0.2) is 0 Å². The van der Waals surface area contributed by atoms with Gasteiger partial charge in [0.25, 0.3) is 0 Å². The maximum absolute atomic E-state index is 10.0. The van der Waals surface area contributed by atoms with Crippen molar-refractivity contribution in [1.29, 1.82) is 0 Å². The molecule has 0 aromatic heterocycles. The Morgan fingerprint density at radius 3 is 2.60 bits per heavy atom. The summed E-state index contributed by atoms with van der Waals surface area (Å²) in [6.07, 6.45) is 6.46. The fourth-order valence-corrected chi connectivity index (χ4v) is 0.875. The van der Waals surface area contributed by atoms with Crippen LogP contribution in [0.4, 0.5) is 0 Å². The Bertz CT molecular complexity index is 83.3. The second-order valence-corrected chi connectivity index (χ2v) is 2.65. The van der Waals surface area contributed by atoms with Crippen LogP contribution in [0.25, 0.3) is 0 Å². The molecule has 60 valence electrons. The maximum atomic E-state index is 10.0. The third kappa shape index (κ3) is 5.76. The molecule has 0 amide bonds. The van der Waals surface area contributed by atoms with Crippen LogP contribution >= 0.6 is 0 Å². The number of hydrogen-bond donors (Lipinski definition) is 1. The molecular formula is C8H17NO. The van der Waals surface area contributed by atoms with Gasteiger partial charge in [-0.05, 0) is 6.42 Å². The lowest BCUT2D eigenvalue weighted by molar-refractivity contribution is -0.109. The van der Waals surface area contributed by atoms with Crippen molar-refractivity contribution in [3.05, 3.63) is 0 Å². The first kappa shape index (κ1) is 9.63. The molecule has 2 heteroatoms. The number of rotatable bonds is 6. The fourth-order valence-electron chi connectivity index (χ4n) is 0.875. The molecule has 1 atom stereocenters. The highest BCUT2D eigenvalue weighted by Gasteiger charge is 1.97. The number of nitrogens with two attached hydrogens (primary N) is 1. The summed E-state index contributed by atoms with van der Waals surface area (Å²) in [6.45, 7) is 2.17. The monoisotopic (exact) mass is 143 g/mol. The molecule has 10 heavy (non-hydrogen) atoms. The van der Waals surface area contributed by atoms with Gasteiger partial charge >= 0.3 is 0 Å². The third-order valence-electron chi connectivity index (χ3n) is 1.57. The van der Waals surface area contributed by atoms with Crippen molar-refractivity contribution in [2.45, 2.75) is 45.1 Å². The second-order valence-electron chi connectivity index (χ2n) is 2.65. The molecular weight excluding hydrogens is 126 g/mol. The topological polar surface area (TPSA) is 43.1 Å². The van der Waals surface area contributed by atoms with Crippen LogP contribution in [-0.2, 0) is 4.79 Å². The van der Waals surface area contributed by atoms with Gasteiger partial charge in [-0.25, -0.2) is 0 Å². The zero-order chi connectivity index (χ0) is 7.82. The fraction of sp³-hybridized carbons (Fsp3) is 0.875. The molecule has 0 radical (unpaired) electrons. The molecule has 2 nitrogen and oxygen atoms in total. The van der Waals surface area contributed by atoms with Crippen LogP contribution in [0.1, 0.15) is 39.0 Å². The Kier molecular flexibility index (Phi) is 6.50. The largest absolute Gasteiger partial charge is 0.322 e. The number of aldehydes is 1. The van der Waals surface area contributed by atoms with Crippen LogP contribution in [-0.4, -0.2) is 12.3 Å². The minimum Gasteiger partial charge on any atom is -0.322 e. The highest BCUT2D eigenvalue weighted by Crippen LogP contribution is 2.02. The van der Waals surface area contributed by atoms with Crippen molar-refractivity contribution < 1.29 is 4.79 Å². The van der Waals surface area contributed by atoms with Crippen LogP contribution in [0, 0.1) is 0 Å². The van der Waals surface area contributed by atoms with E-state index in [1.165, 1.54) is 19.3 Å². The van der Waals surface area contributed by atoms with E-state index in [4.69, 9.17) is 5.73 Å². The Morgan fingerprint density at radius 2 is 2.10 bits per heavy atom. The van der Waals surface area contributed by atoms with Crippen molar-refractivity contribution in [3.63, 3.8) is 0 Å². The first-order valence-electron chi connectivity index (χ1n) is 4.02. The number of hydrogen-bond acceptors (Lipinski definition) is 2. The normalized spacial score (nSPS) is 13.0. The van der Waals surface area contributed by atoms with E-state index in [-0.39, 0.29) is 6.04 Å². The molecule has 0 rings (SSSR count). The SMILES string of the molecule is CCCCCC[C@H](N)C=O. The molecule has 2 N–H and O–H groups in total. The Balaban J connectivity index is 2.95. The van der Waals surface area contributed by atoms with Gasteiger partial charge in [0, 0.05) is 0 Å². The van der Waals surface area contributed by atoms with E-state index in [1.54, 1.807) is 0 Å². The third-order valence-corrected chi connectivity index (χ3v) is 1.57. The van der Waals surface area contributed by atoms with Gasteiger partial charge in [-0.1, -0.05) is 32.6 Å². The summed E-state index contributed by atoms with van der Waals surface area (Å²) in [5, 5.41) is 0. The lowest BCUT2D eigenvalue weighted by atomic mass is 10.1. The predicted molar refractivity (Wildman–Crippen MR) is 42.8 cm³/mol. The minimum atomic E-state index is -0.225. The van der Waals surface area contributed by atoms with Crippen LogP contribution in [0.5, 0.6) is 0 Å². The summed E-state index contributed by atoms with van der Waals surface area (Å²) in [4.78, 5) is 10.0. The molecule has 0 saturated carbocycles. The summed E-state index contributed by atoms with van der Waals surface area (Å²) in [5.74, 6) is 0. The van der Waals surface area contributed by atoms with E-state index in [9.17, 15) is 4.79 Å². The smallest absolute Gasteiger partial charge is 0.136 e. The van der Waals surface area contributed by atoms with Crippen LogP contribution in [0.2, 0.25) is 0 Å². The van der Waals surface area contributed by atoms with Gasteiger partial charge in [0.2, 0.25) is 0 Å². The van der Waals surface area contributed by atoms with E-state index in [2.05, 4.69) is 6.92 Å². The molecule has 0 fully saturated rings. The van der Waals surface area contributed by atoms with Gasteiger partial charge in [0.15, 0.2) is 0 Å². The minimum absolute atomic E-state index is 0.225. The standard InChI is InChI=1S/C8H17NO/c1-2-3-4-5-6-8(9)7-10/h7-8H,2-6,9H2,1H3/t8-/m0/s1. The summed E-state index contributed by atoms with van der Waals surface area (Å²) >= 11 is 0. The number of unbranched alkanes of at least 4 members (excludes halogenated alkanes) is 3. The van der Waals surface area contributed by atoms with Crippen LogP contribution in [0.3, 0.4) is 0 Å². The van der Waals surface area contributed by atoms with E-state index in [0.29, 0.717) is 0 Å². The van der Waals surface area contributed by atoms with Crippen molar-refractivity contribution in [3.8, 4) is 0 Å². The second kappa shape index (κ2) is 6.75. The molecule has 0 aromatic carbocycles. The van der Waals surface area contributed by atoms with Crippen LogP contribution < -0.4 is 5.73 Å². The Labute approximate surface area is 62.8 Å². The van der Waals surface area contributed by atoms with Gasteiger partial charge in [0.05, 0.1) is 6.04 Å². The van der Waals surface area contributed by atoms with Crippen molar-refractivity contribution >= 4 is 6.29 Å².